The number of anilines is 1. The smallest absolute Gasteiger partial charge is 0.283 e. The van der Waals surface area contributed by atoms with Crippen LogP contribution in [0.2, 0.25) is 0 Å². The number of pyridine rings is 1. The number of hydrogen-bond donors (Lipinski definition) is 1. The van der Waals surface area contributed by atoms with Crippen molar-refractivity contribution in [2.45, 2.75) is 6.54 Å². The Kier molecular flexibility index (Phi) is 3.57. The molecule has 106 valence electrons. The van der Waals surface area contributed by atoms with Crippen LogP contribution in [0.4, 0.5) is 11.4 Å². The highest BCUT2D eigenvalue weighted by Gasteiger charge is 2.11. The van der Waals surface area contributed by atoms with E-state index in [1.165, 1.54) is 6.07 Å². The third-order valence-corrected chi connectivity index (χ3v) is 3.67. The van der Waals surface area contributed by atoms with Gasteiger partial charge >= 0.3 is 0 Å². The average molecular weight is 347 g/mol. The van der Waals surface area contributed by atoms with E-state index in [1.54, 1.807) is 12.1 Å². The van der Waals surface area contributed by atoms with E-state index >= 15 is 0 Å². The van der Waals surface area contributed by atoms with Gasteiger partial charge in [0.2, 0.25) is 0 Å². The molecular formula is C14H11BrN4O2. The number of nitrogens with zero attached hydrogens (tertiary/aromatic N) is 3. The SMILES string of the molecule is O=[N+]([O-])c1ccc(NCc2cn3ccccc3n2)cc1Br. The van der Waals surface area contributed by atoms with Crippen LogP contribution in [0.25, 0.3) is 5.65 Å². The van der Waals surface area contributed by atoms with Crippen molar-refractivity contribution in [3.63, 3.8) is 0 Å². The van der Waals surface area contributed by atoms with E-state index in [-0.39, 0.29) is 5.69 Å². The minimum atomic E-state index is -0.421. The molecule has 0 spiro atoms. The maximum absolute atomic E-state index is 10.8. The molecule has 0 unspecified atom stereocenters. The third kappa shape index (κ3) is 2.87. The first kappa shape index (κ1) is 13.6. The predicted octanol–water partition coefficient (Wildman–Crippen LogP) is 3.62. The normalized spacial score (nSPS) is 10.7. The molecule has 0 saturated heterocycles. The summed E-state index contributed by atoms with van der Waals surface area (Å²) >= 11 is 3.20. The first-order chi connectivity index (χ1) is 10.1. The number of rotatable bonds is 4. The molecule has 0 aliphatic carbocycles. The van der Waals surface area contributed by atoms with Crippen LogP contribution in [0.15, 0.2) is 53.3 Å². The van der Waals surface area contributed by atoms with E-state index in [2.05, 4.69) is 26.2 Å². The number of hydrogen-bond acceptors (Lipinski definition) is 4. The molecule has 3 rings (SSSR count). The van der Waals surface area contributed by atoms with E-state index in [0.717, 1.165) is 17.0 Å². The quantitative estimate of drug-likeness (QED) is 0.578. The molecule has 6 nitrogen and oxygen atoms in total. The lowest BCUT2D eigenvalue weighted by Gasteiger charge is -2.05. The maximum Gasteiger partial charge on any atom is 0.283 e. The topological polar surface area (TPSA) is 72.5 Å². The summed E-state index contributed by atoms with van der Waals surface area (Å²) in [5.74, 6) is 0. The summed E-state index contributed by atoms with van der Waals surface area (Å²) in [4.78, 5) is 14.8. The van der Waals surface area contributed by atoms with Gasteiger partial charge in [0.15, 0.2) is 0 Å². The van der Waals surface area contributed by atoms with Crippen molar-refractivity contribution in [2.24, 2.45) is 0 Å². The van der Waals surface area contributed by atoms with Crippen LogP contribution in [0.3, 0.4) is 0 Å². The lowest BCUT2D eigenvalue weighted by molar-refractivity contribution is -0.385. The van der Waals surface area contributed by atoms with Crippen LogP contribution >= 0.6 is 15.9 Å². The highest BCUT2D eigenvalue weighted by atomic mass is 79.9. The molecule has 0 amide bonds. The molecule has 21 heavy (non-hydrogen) atoms. The average Bonchev–Trinajstić information content (AvgIpc) is 2.87. The molecule has 0 aliphatic heterocycles. The van der Waals surface area contributed by atoms with Crippen molar-refractivity contribution >= 4 is 33.0 Å². The Morgan fingerprint density at radius 3 is 2.90 bits per heavy atom. The zero-order valence-corrected chi connectivity index (χ0v) is 12.4. The van der Waals surface area contributed by atoms with E-state index in [9.17, 15) is 10.1 Å². The minimum Gasteiger partial charge on any atom is -0.379 e. The van der Waals surface area contributed by atoms with Crippen molar-refractivity contribution < 1.29 is 4.92 Å². The van der Waals surface area contributed by atoms with Crippen molar-refractivity contribution in [1.29, 1.82) is 0 Å². The van der Waals surface area contributed by atoms with Gasteiger partial charge < -0.3 is 9.72 Å². The molecular weight excluding hydrogens is 336 g/mol. The fourth-order valence-electron chi connectivity index (χ4n) is 2.03. The third-order valence-electron chi connectivity index (χ3n) is 3.03. The first-order valence-corrected chi connectivity index (χ1v) is 7.03. The lowest BCUT2D eigenvalue weighted by atomic mass is 10.3. The summed E-state index contributed by atoms with van der Waals surface area (Å²) in [7, 11) is 0. The number of imidazole rings is 1. The second-order valence-electron chi connectivity index (χ2n) is 4.48. The number of halogens is 1. The van der Waals surface area contributed by atoms with Crippen molar-refractivity contribution in [3.05, 3.63) is 69.1 Å². The predicted molar refractivity (Wildman–Crippen MR) is 83.3 cm³/mol. The van der Waals surface area contributed by atoms with Gasteiger partial charge in [-0.15, -0.1) is 0 Å². The number of nitro benzene ring substituents is 1. The maximum atomic E-state index is 10.8. The van der Waals surface area contributed by atoms with Gasteiger partial charge in [0.25, 0.3) is 5.69 Å². The van der Waals surface area contributed by atoms with Gasteiger partial charge in [-0.3, -0.25) is 10.1 Å². The van der Waals surface area contributed by atoms with Gasteiger partial charge in [0.05, 0.1) is 21.6 Å². The Hall–Kier alpha value is -2.41. The summed E-state index contributed by atoms with van der Waals surface area (Å²) in [6.45, 7) is 0.548. The van der Waals surface area contributed by atoms with Crippen LogP contribution in [-0.4, -0.2) is 14.3 Å². The number of nitrogens with one attached hydrogen (secondary N) is 1. The standard InChI is InChI=1S/C14H11BrN4O2/c15-12-7-10(4-5-13(12)19(20)21)16-8-11-9-18-6-2-1-3-14(18)17-11/h1-7,9,16H,8H2. The molecule has 0 radical (unpaired) electrons. The molecule has 3 aromatic rings. The monoisotopic (exact) mass is 346 g/mol. The molecule has 0 fully saturated rings. The van der Waals surface area contributed by atoms with Crippen LogP contribution in [0, 0.1) is 10.1 Å². The van der Waals surface area contributed by atoms with E-state index in [4.69, 9.17) is 0 Å². The van der Waals surface area contributed by atoms with Crippen LogP contribution < -0.4 is 5.32 Å². The summed E-state index contributed by atoms with van der Waals surface area (Å²) < 4.78 is 2.40. The molecule has 1 aromatic carbocycles. The molecule has 7 heteroatoms. The molecule has 0 saturated carbocycles. The van der Waals surface area contributed by atoms with Crippen molar-refractivity contribution in [1.82, 2.24) is 9.38 Å². The fraction of sp³-hybridized carbons (Fsp3) is 0.0714. The second-order valence-corrected chi connectivity index (χ2v) is 5.33. The summed E-state index contributed by atoms with van der Waals surface area (Å²) in [6.07, 6.45) is 3.89. The highest BCUT2D eigenvalue weighted by molar-refractivity contribution is 9.10. The molecule has 1 N–H and O–H groups in total. The van der Waals surface area contributed by atoms with Gasteiger partial charge in [0.1, 0.15) is 5.65 Å². The van der Waals surface area contributed by atoms with Gasteiger partial charge in [0, 0.05) is 24.1 Å². The number of fused-ring (bicyclic) bond motifs is 1. The van der Waals surface area contributed by atoms with Crippen LogP contribution in [-0.2, 0) is 6.54 Å². The fourth-order valence-corrected chi connectivity index (χ4v) is 2.55. The zero-order valence-electron chi connectivity index (χ0n) is 10.9. The second kappa shape index (κ2) is 5.53. The van der Waals surface area contributed by atoms with Crippen LogP contribution in [0.1, 0.15) is 5.69 Å². The Balaban J connectivity index is 1.75. The summed E-state index contributed by atoms with van der Waals surface area (Å²) in [5.41, 5.74) is 2.63. The molecule has 2 heterocycles. The molecule has 2 aromatic heterocycles. The Morgan fingerprint density at radius 1 is 1.33 bits per heavy atom. The number of nitro groups is 1. The molecule has 0 atom stereocenters. The zero-order chi connectivity index (χ0) is 14.8. The Labute approximate surface area is 128 Å². The van der Waals surface area contributed by atoms with Crippen molar-refractivity contribution in [2.75, 3.05) is 5.32 Å². The van der Waals surface area contributed by atoms with E-state index < -0.39 is 4.92 Å². The molecule has 0 bridgehead atoms. The first-order valence-electron chi connectivity index (χ1n) is 6.24. The Morgan fingerprint density at radius 2 is 2.19 bits per heavy atom. The number of benzene rings is 1. The summed E-state index contributed by atoms with van der Waals surface area (Å²) in [6, 6.07) is 10.7. The largest absolute Gasteiger partial charge is 0.379 e. The minimum absolute atomic E-state index is 0.0493. The lowest BCUT2D eigenvalue weighted by Crippen LogP contribution is -2.00. The van der Waals surface area contributed by atoms with E-state index in [0.29, 0.717) is 11.0 Å². The van der Waals surface area contributed by atoms with Gasteiger partial charge in [-0.25, -0.2) is 4.98 Å². The van der Waals surface area contributed by atoms with Crippen LogP contribution in [0.5, 0.6) is 0 Å². The molecule has 0 aliphatic rings. The van der Waals surface area contributed by atoms with Gasteiger partial charge in [-0.05, 0) is 40.2 Å². The Bertz CT molecular complexity index is 783. The number of aromatic nitrogens is 2. The van der Waals surface area contributed by atoms with Crippen molar-refractivity contribution in [3.8, 4) is 0 Å². The highest BCUT2D eigenvalue weighted by Crippen LogP contribution is 2.27. The summed E-state index contributed by atoms with van der Waals surface area (Å²) in [5, 5.41) is 14.0. The van der Waals surface area contributed by atoms with Gasteiger partial charge in [-0.2, -0.15) is 0 Å². The van der Waals surface area contributed by atoms with E-state index in [1.807, 2.05) is 35.0 Å². The van der Waals surface area contributed by atoms with Gasteiger partial charge in [-0.1, -0.05) is 6.07 Å².